The van der Waals surface area contributed by atoms with Gasteiger partial charge in [0.05, 0.1) is 12.2 Å². The summed E-state index contributed by atoms with van der Waals surface area (Å²) >= 11 is 0. The van der Waals surface area contributed by atoms with Crippen molar-refractivity contribution in [2.24, 2.45) is 0 Å². The molecule has 0 bridgehead atoms. The minimum atomic E-state index is -0.872. The molecule has 5 nitrogen and oxygen atoms in total. The number of para-hydroxylation sites is 1. The fraction of sp³-hybridized carbons (Fsp3) is 0.400. The molecule has 158 valence electrons. The van der Waals surface area contributed by atoms with Gasteiger partial charge in [0.25, 0.3) is 0 Å². The molecule has 0 radical (unpaired) electrons. The summed E-state index contributed by atoms with van der Waals surface area (Å²) in [5.74, 6) is -0.295. The van der Waals surface area contributed by atoms with Gasteiger partial charge in [-0.2, -0.15) is 0 Å². The third-order valence-electron chi connectivity index (χ3n) is 6.13. The summed E-state index contributed by atoms with van der Waals surface area (Å²) in [7, 11) is 0. The van der Waals surface area contributed by atoms with Crippen LogP contribution in [0.25, 0.3) is 10.9 Å². The van der Waals surface area contributed by atoms with E-state index in [2.05, 4.69) is 39.9 Å². The fourth-order valence-electron chi connectivity index (χ4n) is 4.51. The summed E-state index contributed by atoms with van der Waals surface area (Å²) in [5.41, 5.74) is 4.28. The Morgan fingerprint density at radius 3 is 2.53 bits per heavy atom. The Morgan fingerprint density at radius 2 is 1.83 bits per heavy atom. The molecular formula is C25H30N2O3. The standard InChI is InChI=1S/C25H30N2O3/c1-2-30-16-15-27-18-23(22-5-3-4-6-24(22)27)20-11-13-26(14-12-20)17-19-7-9-21(10-8-19)25(28)29/h3-10,18,20H,2,11-17H2,1H3,(H,28,29). The largest absolute Gasteiger partial charge is 0.478 e. The van der Waals surface area contributed by atoms with Crippen LogP contribution in [0, 0.1) is 0 Å². The van der Waals surface area contributed by atoms with Crippen LogP contribution in [0.2, 0.25) is 0 Å². The van der Waals surface area contributed by atoms with Crippen LogP contribution in [-0.4, -0.2) is 46.8 Å². The maximum Gasteiger partial charge on any atom is 0.335 e. The number of hydrogen-bond acceptors (Lipinski definition) is 3. The molecule has 1 aliphatic rings. The van der Waals surface area contributed by atoms with Crippen molar-refractivity contribution in [3.05, 3.63) is 71.4 Å². The Kier molecular flexibility index (Phi) is 6.50. The second-order valence-corrected chi connectivity index (χ2v) is 8.04. The number of nitrogens with zero attached hydrogens (tertiary/aromatic N) is 2. The third-order valence-corrected chi connectivity index (χ3v) is 6.13. The summed E-state index contributed by atoms with van der Waals surface area (Å²) in [6.07, 6.45) is 4.63. The second-order valence-electron chi connectivity index (χ2n) is 8.04. The van der Waals surface area contributed by atoms with E-state index in [9.17, 15) is 4.79 Å². The van der Waals surface area contributed by atoms with Crippen molar-refractivity contribution in [3.63, 3.8) is 0 Å². The molecule has 2 aromatic carbocycles. The smallest absolute Gasteiger partial charge is 0.335 e. The van der Waals surface area contributed by atoms with Gasteiger partial charge in [0, 0.05) is 36.8 Å². The number of likely N-dealkylation sites (tertiary alicyclic amines) is 1. The van der Waals surface area contributed by atoms with Gasteiger partial charge in [-0.25, -0.2) is 4.79 Å². The minimum absolute atomic E-state index is 0.346. The summed E-state index contributed by atoms with van der Waals surface area (Å²) in [5, 5.41) is 10.4. The summed E-state index contributed by atoms with van der Waals surface area (Å²) in [6.45, 7) is 7.42. The quantitative estimate of drug-likeness (QED) is 0.548. The molecule has 0 aliphatic carbocycles. The van der Waals surface area contributed by atoms with Crippen molar-refractivity contribution in [2.45, 2.75) is 38.8 Å². The van der Waals surface area contributed by atoms with Crippen LogP contribution in [0.3, 0.4) is 0 Å². The van der Waals surface area contributed by atoms with Crippen molar-refractivity contribution < 1.29 is 14.6 Å². The first-order valence-corrected chi connectivity index (χ1v) is 10.9. The predicted molar refractivity (Wildman–Crippen MR) is 119 cm³/mol. The van der Waals surface area contributed by atoms with Crippen LogP contribution in [0.5, 0.6) is 0 Å². The van der Waals surface area contributed by atoms with Gasteiger partial charge in [0.1, 0.15) is 0 Å². The van der Waals surface area contributed by atoms with Crippen molar-refractivity contribution in [2.75, 3.05) is 26.3 Å². The van der Waals surface area contributed by atoms with Crippen LogP contribution < -0.4 is 0 Å². The van der Waals surface area contributed by atoms with Crippen molar-refractivity contribution >= 4 is 16.9 Å². The van der Waals surface area contributed by atoms with Gasteiger partial charge in [-0.1, -0.05) is 30.3 Å². The van der Waals surface area contributed by atoms with E-state index in [4.69, 9.17) is 9.84 Å². The van der Waals surface area contributed by atoms with Crippen molar-refractivity contribution in [3.8, 4) is 0 Å². The van der Waals surface area contributed by atoms with Gasteiger partial charge in [-0.15, -0.1) is 0 Å². The molecular weight excluding hydrogens is 376 g/mol. The Balaban J connectivity index is 1.41. The lowest BCUT2D eigenvalue weighted by atomic mass is 9.89. The number of aromatic carboxylic acids is 1. The van der Waals surface area contributed by atoms with Gasteiger partial charge < -0.3 is 14.4 Å². The third kappa shape index (κ3) is 4.58. The number of carbonyl (C=O) groups is 1. The van der Waals surface area contributed by atoms with Crippen LogP contribution >= 0.6 is 0 Å². The monoisotopic (exact) mass is 406 g/mol. The molecule has 0 atom stereocenters. The van der Waals surface area contributed by atoms with Crippen LogP contribution in [0.1, 0.15) is 47.2 Å². The number of fused-ring (bicyclic) bond motifs is 1. The van der Waals surface area contributed by atoms with E-state index in [1.54, 1.807) is 12.1 Å². The van der Waals surface area contributed by atoms with Crippen LogP contribution in [0.4, 0.5) is 0 Å². The van der Waals surface area contributed by atoms with Gasteiger partial charge in [-0.3, -0.25) is 4.90 Å². The zero-order valence-corrected chi connectivity index (χ0v) is 17.6. The lowest BCUT2D eigenvalue weighted by Crippen LogP contribution is -2.32. The topological polar surface area (TPSA) is 54.7 Å². The molecule has 0 saturated carbocycles. The normalized spacial score (nSPS) is 15.6. The Bertz CT molecular complexity index is 985. The lowest BCUT2D eigenvalue weighted by Gasteiger charge is -2.32. The number of piperidine rings is 1. The lowest BCUT2D eigenvalue weighted by molar-refractivity contribution is 0.0697. The molecule has 1 N–H and O–H groups in total. The molecule has 1 fully saturated rings. The Morgan fingerprint density at radius 1 is 1.10 bits per heavy atom. The number of ether oxygens (including phenoxy) is 1. The average Bonchev–Trinajstić information content (AvgIpc) is 3.14. The van der Waals surface area contributed by atoms with E-state index in [1.165, 1.54) is 22.0 Å². The molecule has 30 heavy (non-hydrogen) atoms. The molecule has 1 aromatic heterocycles. The number of hydrogen-bond donors (Lipinski definition) is 1. The van der Waals surface area contributed by atoms with Crippen molar-refractivity contribution in [1.82, 2.24) is 9.47 Å². The first-order chi connectivity index (χ1) is 14.7. The van der Waals surface area contributed by atoms with Gasteiger partial charge in [0.2, 0.25) is 0 Å². The highest BCUT2D eigenvalue weighted by molar-refractivity contribution is 5.87. The highest BCUT2D eigenvalue weighted by atomic mass is 16.5. The Hall–Kier alpha value is -2.63. The first kappa shape index (κ1) is 20.6. The van der Waals surface area contributed by atoms with Gasteiger partial charge in [-0.05, 0) is 68.1 Å². The minimum Gasteiger partial charge on any atom is -0.478 e. The Labute approximate surface area is 177 Å². The summed E-state index contributed by atoms with van der Waals surface area (Å²) in [4.78, 5) is 13.5. The van der Waals surface area contributed by atoms with Gasteiger partial charge >= 0.3 is 5.97 Å². The zero-order chi connectivity index (χ0) is 20.9. The molecule has 0 unspecified atom stereocenters. The molecule has 4 rings (SSSR count). The number of carboxylic acid groups (broad SMARTS) is 1. The van der Waals surface area contributed by atoms with Gasteiger partial charge in [0.15, 0.2) is 0 Å². The predicted octanol–water partition coefficient (Wildman–Crippen LogP) is 4.76. The molecule has 0 spiro atoms. The summed E-state index contributed by atoms with van der Waals surface area (Å²) < 4.78 is 7.92. The number of carboxylic acids is 1. The van der Waals surface area contributed by atoms with Crippen LogP contribution in [0.15, 0.2) is 54.7 Å². The fourth-order valence-corrected chi connectivity index (χ4v) is 4.51. The highest BCUT2D eigenvalue weighted by Crippen LogP contribution is 2.34. The van der Waals surface area contributed by atoms with E-state index in [-0.39, 0.29) is 0 Å². The molecule has 0 amide bonds. The molecule has 5 heteroatoms. The van der Waals surface area contributed by atoms with E-state index in [0.717, 1.165) is 52.2 Å². The number of rotatable bonds is 8. The number of aromatic nitrogens is 1. The van der Waals surface area contributed by atoms with E-state index in [1.807, 2.05) is 19.1 Å². The second kappa shape index (κ2) is 9.45. The van der Waals surface area contributed by atoms with E-state index >= 15 is 0 Å². The number of benzene rings is 2. The highest BCUT2D eigenvalue weighted by Gasteiger charge is 2.23. The van der Waals surface area contributed by atoms with Crippen LogP contribution in [-0.2, 0) is 17.8 Å². The SMILES string of the molecule is CCOCCn1cc(C2CCN(Cc3ccc(C(=O)O)cc3)CC2)c2ccccc21. The molecule has 1 aliphatic heterocycles. The molecule has 3 aromatic rings. The maximum atomic E-state index is 11.0. The maximum absolute atomic E-state index is 11.0. The first-order valence-electron chi connectivity index (χ1n) is 10.9. The van der Waals surface area contributed by atoms with Crippen molar-refractivity contribution in [1.29, 1.82) is 0 Å². The summed E-state index contributed by atoms with van der Waals surface area (Å²) in [6, 6.07) is 16.0. The van der Waals surface area contributed by atoms with E-state index in [0.29, 0.717) is 11.5 Å². The zero-order valence-electron chi connectivity index (χ0n) is 17.6. The van der Waals surface area contributed by atoms with E-state index < -0.39 is 5.97 Å². The molecule has 1 saturated heterocycles. The average molecular weight is 407 g/mol. The molecule has 2 heterocycles.